The van der Waals surface area contributed by atoms with Gasteiger partial charge in [-0.3, -0.25) is 0 Å². The summed E-state index contributed by atoms with van der Waals surface area (Å²) in [5.74, 6) is -2.12. The molecule has 0 radical (unpaired) electrons. The van der Waals surface area contributed by atoms with Gasteiger partial charge in [-0.25, -0.2) is 14.0 Å². The first-order valence-corrected chi connectivity index (χ1v) is 8.39. The van der Waals surface area contributed by atoms with Gasteiger partial charge in [-0.15, -0.1) is 0 Å². The molecule has 2 N–H and O–H groups in total. The molecule has 2 aromatic carbocycles. The van der Waals surface area contributed by atoms with E-state index in [1.807, 2.05) is 6.07 Å². The molecule has 1 heterocycles. The fraction of sp³-hybridized carbons (Fsp3) is 0.0952. The molecule has 8 heteroatoms. The molecule has 0 aliphatic heterocycles. The number of nitrogens with zero attached hydrogens (tertiary/aromatic N) is 2. The summed E-state index contributed by atoms with van der Waals surface area (Å²) in [4.78, 5) is 23.6. The minimum Gasteiger partial charge on any atom is -0.465 e. The van der Waals surface area contributed by atoms with Gasteiger partial charge in [0.2, 0.25) is 0 Å². The number of aromatic nitrogens is 1. The summed E-state index contributed by atoms with van der Waals surface area (Å²) in [6.45, 7) is 0. The number of benzene rings is 2. The van der Waals surface area contributed by atoms with Crippen LogP contribution in [-0.2, 0) is 9.47 Å². The maximum absolute atomic E-state index is 14.2. The van der Waals surface area contributed by atoms with Crippen molar-refractivity contribution < 1.29 is 23.5 Å². The summed E-state index contributed by atoms with van der Waals surface area (Å²) in [7, 11) is 2.41. The van der Waals surface area contributed by atoms with E-state index in [-0.39, 0.29) is 22.5 Å². The molecule has 0 saturated heterocycles. The average Bonchev–Trinajstić information content (AvgIpc) is 3.09. The van der Waals surface area contributed by atoms with Crippen molar-refractivity contribution in [3.8, 4) is 22.9 Å². The molecule has 0 unspecified atom stereocenters. The monoisotopic (exact) mass is 393 g/mol. The second-order valence-electron chi connectivity index (χ2n) is 6.01. The standard InChI is InChI=1S/C21H16FN3O4/c1-28-20(26)16-8-5-13(9-17(16)22)12-3-6-15(7-4-12)25-11-14(10-23)18(24)19(25)21(27)29-2/h3-9,11H,24H2,1-2H3. The largest absolute Gasteiger partial charge is 0.465 e. The molecule has 0 aliphatic carbocycles. The maximum Gasteiger partial charge on any atom is 0.357 e. The first kappa shape index (κ1) is 19.6. The minimum absolute atomic E-state index is 0.0314. The molecule has 3 rings (SSSR count). The van der Waals surface area contributed by atoms with E-state index in [1.165, 1.54) is 37.1 Å². The number of hydrogen-bond donors (Lipinski definition) is 1. The number of nitriles is 1. The van der Waals surface area contributed by atoms with Crippen molar-refractivity contribution in [2.45, 2.75) is 0 Å². The van der Waals surface area contributed by atoms with E-state index in [9.17, 15) is 19.2 Å². The number of rotatable bonds is 4. The lowest BCUT2D eigenvalue weighted by Gasteiger charge is -2.10. The van der Waals surface area contributed by atoms with Crippen LogP contribution in [0.3, 0.4) is 0 Å². The molecular formula is C21H16FN3O4. The zero-order chi connectivity index (χ0) is 21.1. The average molecular weight is 393 g/mol. The van der Waals surface area contributed by atoms with E-state index in [1.54, 1.807) is 30.3 Å². The lowest BCUT2D eigenvalue weighted by molar-refractivity contribution is 0.0585. The lowest BCUT2D eigenvalue weighted by atomic mass is 10.0. The summed E-state index contributed by atoms with van der Waals surface area (Å²) >= 11 is 0. The van der Waals surface area contributed by atoms with Crippen LogP contribution in [0.4, 0.5) is 10.1 Å². The summed E-state index contributed by atoms with van der Waals surface area (Å²) in [5.41, 5.74) is 7.77. The number of carbonyl (C=O) groups excluding carboxylic acids is 2. The van der Waals surface area contributed by atoms with Crippen molar-refractivity contribution in [2.75, 3.05) is 20.0 Å². The zero-order valence-electron chi connectivity index (χ0n) is 15.6. The van der Waals surface area contributed by atoms with Crippen molar-refractivity contribution in [2.24, 2.45) is 0 Å². The Morgan fingerprint density at radius 1 is 1.03 bits per heavy atom. The van der Waals surface area contributed by atoms with Gasteiger partial charge in [0.1, 0.15) is 11.9 Å². The van der Waals surface area contributed by atoms with Gasteiger partial charge in [0.25, 0.3) is 0 Å². The number of nitrogen functional groups attached to an aromatic ring is 1. The maximum atomic E-state index is 14.2. The molecule has 0 aliphatic rings. The van der Waals surface area contributed by atoms with Gasteiger partial charge in [-0.05, 0) is 35.4 Å². The third-order valence-electron chi connectivity index (χ3n) is 4.40. The van der Waals surface area contributed by atoms with E-state index in [0.717, 1.165) is 0 Å². The van der Waals surface area contributed by atoms with Crippen LogP contribution in [0.2, 0.25) is 0 Å². The predicted octanol–water partition coefficient (Wildman–Crippen LogP) is 3.31. The normalized spacial score (nSPS) is 10.3. The number of methoxy groups -OCH3 is 2. The molecule has 1 aromatic heterocycles. The molecule has 3 aromatic rings. The Balaban J connectivity index is 2.00. The van der Waals surface area contributed by atoms with Gasteiger partial charge < -0.3 is 19.8 Å². The van der Waals surface area contributed by atoms with E-state index < -0.39 is 17.8 Å². The van der Waals surface area contributed by atoms with Crippen LogP contribution in [-0.4, -0.2) is 30.7 Å². The molecule has 0 fully saturated rings. The Morgan fingerprint density at radius 2 is 1.66 bits per heavy atom. The molecule has 0 atom stereocenters. The number of nitrogens with two attached hydrogens (primary N) is 1. The van der Waals surface area contributed by atoms with Crippen molar-refractivity contribution in [1.29, 1.82) is 5.26 Å². The number of hydrogen-bond acceptors (Lipinski definition) is 6. The quantitative estimate of drug-likeness (QED) is 0.682. The highest BCUT2D eigenvalue weighted by Crippen LogP contribution is 2.27. The number of halogens is 1. The zero-order valence-corrected chi connectivity index (χ0v) is 15.6. The van der Waals surface area contributed by atoms with Crippen molar-refractivity contribution >= 4 is 17.6 Å². The molecular weight excluding hydrogens is 377 g/mol. The molecule has 0 bridgehead atoms. The van der Waals surface area contributed by atoms with Gasteiger partial charge in [-0.1, -0.05) is 18.2 Å². The summed E-state index contributed by atoms with van der Waals surface area (Å²) in [5, 5.41) is 9.19. The summed E-state index contributed by atoms with van der Waals surface area (Å²) < 4.78 is 24.9. The molecule has 29 heavy (non-hydrogen) atoms. The Labute approximate surface area is 165 Å². The van der Waals surface area contributed by atoms with Crippen LogP contribution in [0.1, 0.15) is 26.4 Å². The van der Waals surface area contributed by atoms with Crippen LogP contribution < -0.4 is 5.73 Å². The molecule has 7 nitrogen and oxygen atoms in total. The Bertz CT molecular complexity index is 1140. The third-order valence-corrected chi connectivity index (χ3v) is 4.40. The van der Waals surface area contributed by atoms with E-state index in [2.05, 4.69) is 4.74 Å². The molecule has 146 valence electrons. The van der Waals surface area contributed by atoms with Gasteiger partial charge in [0.05, 0.1) is 31.0 Å². The summed E-state index contributed by atoms with van der Waals surface area (Å²) in [6, 6.07) is 12.9. The van der Waals surface area contributed by atoms with Gasteiger partial charge in [-0.2, -0.15) is 5.26 Å². The molecule has 0 saturated carbocycles. The summed E-state index contributed by atoms with van der Waals surface area (Å²) in [6.07, 6.45) is 1.45. The lowest BCUT2D eigenvalue weighted by Crippen LogP contribution is -2.11. The van der Waals surface area contributed by atoms with Crippen LogP contribution in [0.5, 0.6) is 0 Å². The number of anilines is 1. The predicted molar refractivity (Wildman–Crippen MR) is 103 cm³/mol. The second-order valence-corrected chi connectivity index (χ2v) is 6.01. The highest BCUT2D eigenvalue weighted by atomic mass is 19.1. The van der Waals surface area contributed by atoms with Crippen molar-refractivity contribution in [3.05, 3.63) is 71.3 Å². The first-order chi connectivity index (χ1) is 13.9. The Hall–Kier alpha value is -4.12. The first-order valence-electron chi connectivity index (χ1n) is 8.39. The van der Waals surface area contributed by atoms with E-state index in [0.29, 0.717) is 16.8 Å². The number of ether oxygens (including phenoxy) is 2. The molecule has 0 spiro atoms. The van der Waals surface area contributed by atoms with Gasteiger partial charge in [0.15, 0.2) is 5.69 Å². The van der Waals surface area contributed by atoms with Gasteiger partial charge >= 0.3 is 11.9 Å². The topological polar surface area (TPSA) is 107 Å². The van der Waals surface area contributed by atoms with Gasteiger partial charge in [0, 0.05) is 11.9 Å². The highest BCUT2D eigenvalue weighted by molar-refractivity contribution is 5.96. The van der Waals surface area contributed by atoms with Crippen LogP contribution in [0.15, 0.2) is 48.7 Å². The molecule has 0 amide bonds. The van der Waals surface area contributed by atoms with E-state index >= 15 is 0 Å². The van der Waals surface area contributed by atoms with Crippen LogP contribution >= 0.6 is 0 Å². The van der Waals surface area contributed by atoms with Crippen LogP contribution in [0.25, 0.3) is 16.8 Å². The third kappa shape index (κ3) is 3.53. The highest BCUT2D eigenvalue weighted by Gasteiger charge is 2.21. The second kappa shape index (κ2) is 7.86. The number of carbonyl (C=O) groups is 2. The Morgan fingerprint density at radius 3 is 2.21 bits per heavy atom. The fourth-order valence-electron chi connectivity index (χ4n) is 2.90. The number of esters is 2. The van der Waals surface area contributed by atoms with E-state index in [4.69, 9.17) is 10.5 Å². The van der Waals surface area contributed by atoms with Crippen LogP contribution in [0, 0.1) is 17.1 Å². The Kier molecular flexibility index (Phi) is 5.32. The fourth-order valence-corrected chi connectivity index (χ4v) is 2.90. The SMILES string of the molecule is COC(=O)c1ccc(-c2ccc(-n3cc(C#N)c(N)c3C(=O)OC)cc2)cc1F. The minimum atomic E-state index is -0.752. The smallest absolute Gasteiger partial charge is 0.357 e. The van der Waals surface area contributed by atoms with Crippen molar-refractivity contribution in [3.63, 3.8) is 0 Å². The van der Waals surface area contributed by atoms with Crippen molar-refractivity contribution in [1.82, 2.24) is 4.57 Å².